The molecule has 2 aromatic rings. The quantitative estimate of drug-likeness (QED) is 0.773. The summed E-state index contributed by atoms with van der Waals surface area (Å²) in [5.41, 5.74) is -0.539. The Morgan fingerprint density at radius 2 is 2.35 bits per heavy atom. The number of aromatic nitrogens is 1. The van der Waals surface area contributed by atoms with Crippen LogP contribution in [0.4, 0.5) is 0 Å². The number of nitrogens with one attached hydrogen (secondary N) is 2. The lowest BCUT2D eigenvalue weighted by Gasteiger charge is -2.22. The number of carbonyl (C=O) groups excluding carboxylic acids is 1. The molecular weight excluding hydrogens is 236 g/mol. The first-order valence-corrected chi connectivity index (χ1v) is 6.15. The van der Waals surface area contributed by atoms with Crippen LogP contribution in [0.15, 0.2) is 35.8 Å². The molecule has 2 heterocycles. The van der Waals surface area contributed by atoms with Crippen LogP contribution >= 0.6 is 11.3 Å². The first-order chi connectivity index (χ1) is 8.09. The summed E-state index contributed by atoms with van der Waals surface area (Å²) in [6, 6.07) is 7.17. The minimum atomic E-state index is -1.03. The Morgan fingerprint density at radius 3 is 2.94 bits per heavy atom. The van der Waals surface area contributed by atoms with Crippen LogP contribution < -0.4 is 5.32 Å². The molecule has 0 fully saturated rings. The topological polar surface area (TPSA) is 65.1 Å². The molecule has 0 aromatic carbocycles. The van der Waals surface area contributed by atoms with Crippen molar-refractivity contribution < 1.29 is 9.90 Å². The zero-order valence-electron chi connectivity index (χ0n) is 9.43. The van der Waals surface area contributed by atoms with E-state index < -0.39 is 5.60 Å². The molecule has 1 unspecified atom stereocenters. The van der Waals surface area contributed by atoms with Gasteiger partial charge in [-0.1, -0.05) is 6.07 Å². The van der Waals surface area contributed by atoms with E-state index in [0.717, 1.165) is 4.88 Å². The van der Waals surface area contributed by atoms with Gasteiger partial charge in [-0.15, -0.1) is 11.3 Å². The summed E-state index contributed by atoms with van der Waals surface area (Å²) in [7, 11) is 0. The van der Waals surface area contributed by atoms with Crippen molar-refractivity contribution in [2.24, 2.45) is 0 Å². The second-order valence-corrected chi connectivity index (χ2v) is 4.97. The van der Waals surface area contributed by atoms with Gasteiger partial charge in [-0.3, -0.25) is 4.79 Å². The molecule has 2 rings (SSSR count). The van der Waals surface area contributed by atoms with Gasteiger partial charge >= 0.3 is 0 Å². The number of rotatable bonds is 4. The van der Waals surface area contributed by atoms with Crippen molar-refractivity contribution in [2.75, 3.05) is 6.54 Å². The smallest absolute Gasteiger partial charge is 0.267 e. The van der Waals surface area contributed by atoms with Crippen molar-refractivity contribution in [2.45, 2.75) is 12.5 Å². The summed E-state index contributed by atoms with van der Waals surface area (Å²) in [5.74, 6) is -0.216. The van der Waals surface area contributed by atoms with Crippen LogP contribution in [0.1, 0.15) is 22.3 Å². The highest BCUT2D eigenvalue weighted by atomic mass is 32.1. The van der Waals surface area contributed by atoms with Gasteiger partial charge in [-0.2, -0.15) is 0 Å². The van der Waals surface area contributed by atoms with Gasteiger partial charge in [0, 0.05) is 11.1 Å². The number of aromatic amines is 1. The summed E-state index contributed by atoms with van der Waals surface area (Å²) in [6.45, 7) is 1.87. The molecule has 90 valence electrons. The summed E-state index contributed by atoms with van der Waals surface area (Å²) < 4.78 is 0. The Bertz CT molecular complexity index is 475. The van der Waals surface area contributed by atoms with Crippen molar-refractivity contribution in [3.8, 4) is 0 Å². The van der Waals surface area contributed by atoms with Crippen molar-refractivity contribution in [1.29, 1.82) is 0 Å². The first-order valence-electron chi connectivity index (χ1n) is 5.27. The molecule has 1 atom stereocenters. The number of carbonyl (C=O) groups is 1. The van der Waals surface area contributed by atoms with E-state index in [9.17, 15) is 9.90 Å². The molecule has 1 amide bonds. The molecule has 0 aliphatic rings. The van der Waals surface area contributed by atoms with E-state index in [0.29, 0.717) is 5.69 Å². The molecule has 0 radical (unpaired) electrons. The molecular formula is C12H14N2O2S. The maximum atomic E-state index is 11.7. The molecule has 5 heteroatoms. The second kappa shape index (κ2) is 4.73. The largest absolute Gasteiger partial charge is 0.383 e. The molecule has 17 heavy (non-hydrogen) atoms. The van der Waals surface area contributed by atoms with E-state index in [1.807, 2.05) is 17.5 Å². The van der Waals surface area contributed by atoms with Gasteiger partial charge in [0.05, 0.1) is 6.54 Å². The van der Waals surface area contributed by atoms with Crippen molar-refractivity contribution in [3.05, 3.63) is 46.4 Å². The van der Waals surface area contributed by atoms with Crippen molar-refractivity contribution in [1.82, 2.24) is 10.3 Å². The Morgan fingerprint density at radius 1 is 1.53 bits per heavy atom. The SMILES string of the molecule is CC(O)(CNC(=O)c1ccc[nH]1)c1cccs1. The molecule has 0 saturated heterocycles. The van der Waals surface area contributed by atoms with Crippen LogP contribution in [0.3, 0.4) is 0 Å². The number of H-pyrrole nitrogens is 1. The maximum absolute atomic E-state index is 11.7. The van der Waals surface area contributed by atoms with E-state index in [1.165, 1.54) is 11.3 Å². The Hall–Kier alpha value is -1.59. The monoisotopic (exact) mass is 250 g/mol. The van der Waals surface area contributed by atoms with Gasteiger partial charge < -0.3 is 15.4 Å². The van der Waals surface area contributed by atoms with Crippen LogP contribution in [0.5, 0.6) is 0 Å². The molecule has 0 saturated carbocycles. The fourth-order valence-corrected chi connectivity index (χ4v) is 2.28. The van der Waals surface area contributed by atoms with E-state index in [4.69, 9.17) is 0 Å². The Labute approximate surface area is 103 Å². The average molecular weight is 250 g/mol. The van der Waals surface area contributed by atoms with Gasteiger partial charge in [0.2, 0.25) is 0 Å². The standard InChI is InChI=1S/C12H14N2O2S/c1-12(16,10-5-3-7-17-10)8-14-11(15)9-4-2-6-13-9/h2-7,13,16H,8H2,1H3,(H,14,15). The highest BCUT2D eigenvalue weighted by Gasteiger charge is 2.25. The van der Waals surface area contributed by atoms with Crippen LogP contribution in [0.2, 0.25) is 0 Å². The summed E-state index contributed by atoms with van der Waals surface area (Å²) in [4.78, 5) is 15.3. The lowest BCUT2D eigenvalue weighted by Crippen LogP contribution is -2.38. The lowest BCUT2D eigenvalue weighted by atomic mass is 10.1. The number of aliphatic hydroxyl groups is 1. The van der Waals surface area contributed by atoms with Gasteiger partial charge in [-0.05, 0) is 30.5 Å². The number of hydrogen-bond acceptors (Lipinski definition) is 3. The van der Waals surface area contributed by atoms with E-state index in [2.05, 4.69) is 10.3 Å². The van der Waals surface area contributed by atoms with Crippen LogP contribution in [0.25, 0.3) is 0 Å². The predicted molar refractivity (Wildman–Crippen MR) is 67.0 cm³/mol. The van der Waals surface area contributed by atoms with E-state index >= 15 is 0 Å². The number of amides is 1. The molecule has 0 bridgehead atoms. The second-order valence-electron chi connectivity index (χ2n) is 4.02. The van der Waals surface area contributed by atoms with E-state index in [1.54, 1.807) is 25.3 Å². The minimum Gasteiger partial charge on any atom is -0.383 e. The van der Waals surface area contributed by atoms with Crippen molar-refractivity contribution >= 4 is 17.2 Å². The molecule has 3 N–H and O–H groups in total. The van der Waals surface area contributed by atoms with Crippen LogP contribution in [-0.2, 0) is 5.60 Å². The molecule has 0 spiro atoms. The molecule has 0 aliphatic heterocycles. The predicted octanol–water partition coefficient (Wildman–Crippen LogP) is 1.71. The van der Waals surface area contributed by atoms with Crippen LogP contribution in [0, 0.1) is 0 Å². The number of hydrogen-bond donors (Lipinski definition) is 3. The normalized spacial score (nSPS) is 14.2. The van der Waals surface area contributed by atoms with Gasteiger partial charge in [0.15, 0.2) is 0 Å². The van der Waals surface area contributed by atoms with Gasteiger partial charge in [0.25, 0.3) is 5.91 Å². The van der Waals surface area contributed by atoms with Crippen molar-refractivity contribution in [3.63, 3.8) is 0 Å². The van der Waals surface area contributed by atoms with E-state index in [-0.39, 0.29) is 12.5 Å². The summed E-state index contributed by atoms with van der Waals surface area (Å²) in [6.07, 6.45) is 1.69. The third kappa shape index (κ3) is 2.75. The third-order valence-electron chi connectivity index (χ3n) is 2.49. The fraction of sp³-hybridized carbons (Fsp3) is 0.250. The zero-order chi connectivity index (χ0) is 12.3. The zero-order valence-corrected chi connectivity index (χ0v) is 10.3. The summed E-state index contributed by atoms with van der Waals surface area (Å²) >= 11 is 1.47. The minimum absolute atomic E-state index is 0.186. The first kappa shape index (κ1) is 11.9. The average Bonchev–Trinajstić information content (AvgIpc) is 2.97. The molecule has 0 aliphatic carbocycles. The lowest BCUT2D eigenvalue weighted by molar-refractivity contribution is 0.0555. The Balaban J connectivity index is 1.96. The summed E-state index contributed by atoms with van der Waals surface area (Å²) in [5, 5.41) is 14.8. The highest BCUT2D eigenvalue weighted by Crippen LogP contribution is 2.24. The Kier molecular flexibility index (Phi) is 3.31. The highest BCUT2D eigenvalue weighted by molar-refractivity contribution is 7.10. The molecule has 2 aromatic heterocycles. The van der Waals surface area contributed by atoms with Crippen LogP contribution in [-0.4, -0.2) is 22.5 Å². The fourth-order valence-electron chi connectivity index (χ4n) is 1.49. The third-order valence-corrected chi connectivity index (χ3v) is 3.61. The maximum Gasteiger partial charge on any atom is 0.267 e. The number of thiophene rings is 1. The molecule has 4 nitrogen and oxygen atoms in total. The van der Waals surface area contributed by atoms with Gasteiger partial charge in [-0.25, -0.2) is 0 Å². The van der Waals surface area contributed by atoms with Gasteiger partial charge in [0.1, 0.15) is 11.3 Å².